The Morgan fingerprint density at radius 3 is 2.44 bits per heavy atom. The molecule has 0 fully saturated rings. The van der Waals surface area contributed by atoms with E-state index in [4.69, 9.17) is 0 Å². The van der Waals surface area contributed by atoms with Crippen LogP contribution >= 0.6 is 8.58 Å². The van der Waals surface area contributed by atoms with E-state index in [1.54, 1.807) is 10.9 Å². The van der Waals surface area contributed by atoms with Crippen molar-refractivity contribution in [3.63, 3.8) is 0 Å². The monoisotopic (exact) mass is 263 g/mol. The molecular formula is C16H26NP. The molecule has 2 rings (SSSR count). The molecule has 0 saturated heterocycles. The molecule has 0 amide bonds. The van der Waals surface area contributed by atoms with E-state index in [2.05, 4.69) is 52.1 Å². The number of anilines is 1. The van der Waals surface area contributed by atoms with Crippen LogP contribution in [0.2, 0.25) is 0 Å². The normalized spacial score (nSPS) is 23.7. The van der Waals surface area contributed by atoms with Crippen molar-refractivity contribution in [3.05, 3.63) is 23.3 Å². The molecule has 1 N–H and O–H groups in total. The first-order chi connectivity index (χ1) is 8.38. The zero-order chi connectivity index (χ0) is 13.6. The average Bonchev–Trinajstić information content (AvgIpc) is 2.36. The van der Waals surface area contributed by atoms with E-state index in [-0.39, 0.29) is 5.41 Å². The van der Waals surface area contributed by atoms with Crippen LogP contribution in [-0.4, -0.2) is 7.05 Å². The Morgan fingerprint density at radius 2 is 1.94 bits per heavy atom. The highest BCUT2D eigenvalue weighted by molar-refractivity contribution is 7.51. The lowest BCUT2D eigenvalue weighted by Gasteiger charge is -2.43. The minimum atomic E-state index is 0.272. The third-order valence-corrected chi connectivity index (χ3v) is 6.74. The Balaban J connectivity index is 2.54. The fourth-order valence-electron chi connectivity index (χ4n) is 2.56. The quantitative estimate of drug-likeness (QED) is 0.796. The van der Waals surface area contributed by atoms with E-state index in [0.717, 1.165) is 8.58 Å². The maximum absolute atomic E-state index is 3.39. The highest BCUT2D eigenvalue weighted by Gasteiger charge is 2.39. The summed E-state index contributed by atoms with van der Waals surface area (Å²) in [5.74, 6) is 0. The average molecular weight is 263 g/mol. The molecule has 0 radical (unpaired) electrons. The van der Waals surface area contributed by atoms with Gasteiger partial charge in [-0.1, -0.05) is 49.3 Å². The predicted octanol–water partition coefficient (Wildman–Crippen LogP) is 4.36. The van der Waals surface area contributed by atoms with E-state index < -0.39 is 0 Å². The van der Waals surface area contributed by atoms with Gasteiger partial charge < -0.3 is 5.32 Å². The lowest BCUT2D eigenvalue weighted by Crippen LogP contribution is -2.36. The summed E-state index contributed by atoms with van der Waals surface area (Å²) in [6.45, 7) is 11.7. The smallest absolute Gasteiger partial charge is 0.0419 e. The fourth-order valence-corrected chi connectivity index (χ4v) is 4.25. The summed E-state index contributed by atoms with van der Waals surface area (Å²) in [6, 6.07) is 4.84. The van der Waals surface area contributed by atoms with Gasteiger partial charge in [0.1, 0.15) is 0 Å². The third kappa shape index (κ3) is 1.97. The van der Waals surface area contributed by atoms with Gasteiger partial charge in [0.15, 0.2) is 0 Å². The van der Waals surface area contributed by atoms with E-state index in [0.29, 0.717) is 5.16 Å². The standard InChI is InChI=1S/C16H26NP/c1-7-15(3,4)11-9-12-14(13(10-11)17-6)18-16(12,5)8-2/h9-10,17-18H,7-8H2,1-6H3. The van der Waals surface area contributed by atoms with Gasteiger partial charge in [-0.15, -0.1) is 0 Å². The molecular weight excluding hydrogens is 237 g/mol. The lowest BCUT2D eigenvalue weighted by atomic mass is 9.79. The summed E-state index contributed by atoms with van der Waals surface area (Å²) >= 11 is 0. The van der Waals surface area contributed by atoms with Gasteiger partial charge in [0.2, 0.25) is 0 Å². The number of hydrogen-bond acceptors (Lipinski definition) is 1. The van der Waals surface area contributed by atoms with Crippen LogP contribution in [0.25, 0.3) is 0 Å². The van der Waals surface area contributed by atoms with Gasteiger partial charge in [0.05, 0.1) is 0 Å². The molecule has 1 aliphatic rings. The number of nitrogens with one attached hydrogen (secondary N) is 1. The van der Waals surface area contributed by atoms with Crippen molar-refractivity contribution < 1.29 is 0 Å². The summed E-state index contributed by atoms with van der Waals surface area (Å²) < 4.78 is 0. The van der Waals surface area contributed by atoms with Crippen molar-refractivity contribution in [3.8, 4) is 0 Å². The Kier molecular flexibility index (Phi) is 3.49. The van der Waals surface area contributed by atoms with Crippen LogP contribution in [0.5, 0.6) is 0 Å². The zero-order valence-electron chi connectivity index (χ0n) is 12.6. The second-order valence-electron chi connectivity index (χ2n) is 6.24. The van der Waals surface area contributed by atoms with Crippen molar-refractivity contribution in [2.45, 2.75) is 58.0 Å². The molecule has 2 unspecified atom stereocenters. The molecule has 0 saturated carbocycles. The number of benzene rings is 1. The lowest BCUT2D eigenvalue weighted by molar-refractivity contribution is 0.504. The maximum atomic E-state index is 3.39. The highest BCUT2D eigenvalue weighted by Crippen LogP contribution is 2.55. The minimum absolute atomic E-state index is 0.272. The zero-order valence-corrected chi connectivity index (χ0v) is 13.6. The van der Waals surface area contributed by atoms with Crippen LogP contribution in [-0.2, 0) is 10.6 Å². The summed E-state index contributed by atoms with van der Waals surface area (Å²) in [7, 11) is 3.01. The van der Waals surface area contributed by atoms with Crippen LogP contribution in [0, 0.1) is 0 Å². The van der Waals surface area contributed by atoms with Crippen LogP contribution in [0.3, 0.4) is 0 Å². The third-order valence-electron chi connectivity index (χ3n) is 4.78. The van der Waals surface area contributed by atoms with Gasteiger partial charge in [-0.05, 0) is 35.4 Å². The summed E-state index contributed by atoms with van der Waals surface area (Å²) in [5, 5.41) is 5.39. The molecule has 18 heavy (non-hydrogen) atoms. The number of fused-ring (bicyclic) bond motifs is 1. The molecule has 1 aliphatic heterocycles. The molecule has 100 valence electrons. The van der Waals surface area contributed by atoms with E-state index in [9.17, 15) is 0 Å². The first-order valence-corrected chi connectivity index (χ1v) is 8.03. The highest BCUT2D eigenvalue weighted by atomic mass is 31.1. The fraction of sp³-hybridized carbons (Fsp3) is 0.625. The summed E-state index contributed by atoms with van der Waals surface area (Å²) in [5.41, 5.74) is 4.70. The number of hydrogen-bond donors (Lipinski definition) is 1. The van der Waals surface area contributed by atoms with Gasteiger partial charge in [-0.3, -0.25) is 0 Å². The van der Waals surface area contributed by atoms with Gasteiger partial charge in [0.25, 0.3) is 0 Å². The summed E-state index contributed by atoms with van der Waals surface area (Å²) in [4.78, 5) is 0. The molecule has 1 heterocycles. The first kappa shape index (κ1) is 13.9. The topological polar surface area (TPSA) is 12.0 Å². The first-order valence-electron chi connectivity index (χ1n) is 7.03. The van der Waals surface area contributed by atoms with Gasteiger partial charge in [-0.25, -0.2) is 0 Å². The molecule has 0 aromatic heterocycles. The minimum Gasteiger partial charge on any atom is -0.388 e. The van der Waals surface area contributed by atoms with E-state index in [1.165, 1.54) is 24.1 Å². The molecule has 1 aromatic carbocycles. The van der Waals surface area contributed by atoms with Crippen molar-refractivity contribution in [2.24, 2.45) is 0 Å². The van der Waals surface area contributed by atoms with E-state index >= 15 is 0 Å². The number of rotatable bonds is 4. The molecule has 0 spiro atoms. The largest absolute Gasteiger partial charge is 0.388 e. The van der Waals surface area contributed by atoms with Crippen molar-refractivity contribution in [1.29, 1.82) is 0 Å². The molecule has 1 nitrogen and oxygen atoms in total. The Labute approximate surface area is 114 Å². The SMILES string of the molecule is CCC(C)(C)c1cc(NC)c2c(c1)C(C)(CC)P2. The Bertz CT molecular complexity index is 464. The molecule has 2 heteroatoms. The van der Waals surface area contributed by atoms with Crippen LogP contribution < -0.4 is 10.6 Å². The second kappa shape index (κ2) is 4.53. The van der Waals surface area contributed by atoms with Gasteiger partial charge >= 0.3 is 0 Å². The Hall–Kier alpha value is -0.550. The predicted molar refractivity (Wildman–Crippen MR) is 84.9 cm³/mol. The van der Waals surface area contributed by atoms with Crippen molar-refractivity contribution in [1.82, 2.24) is 0 Å². The van der Waals surface area contributed by atoms with Gasteiger partial charge in [0, 0.05) is 23.2 Å². The Morgan fingerprint density at radius 1 is 1.28 bits per heavy atom. The second-order valence-corrected chi connectivity index (χ2v) is 8.10. The summed E-state index contributed by atoms with van der Waals surface area (Å²) in [6.07, 6.45) is 2.43. The van der Waals surface area contributed by atoms with E-state index in [1.807, 2.05) is 7.05 Å². The van der Waals surface area contributed by atoms with Crippen LogP contribution in [0.1, 0.15) is 58.6 Å². The van der Waals surface area contributed by atoms with Crippen LogP contribution in [0.15, 0.2) is 12.1 Å². The molecule has 0 bridgehead atoms. The molecule has 1 aromatic rings. The molecule has 0 aliphatic carbocycles. The maximum Gasteiger partial charge on any atom is 0.0419 e. The van der Waals surface area contributed by atoms with Gasteiger partial charge in [-0.2, -0.15) is 0 Å². The van der Waals surface area contributed by atoms with Crippen molar-refractivity contribution in [2.75, 3.05) is 12.4 Å². The van der Waals surface area contributed by atoms with Crippen LogP contribution in [0.4, 0.5) is 5.69 Å². The van der Waals surface area contributed by atoms with Crippen molar-refractivity contribution >= 4 is 19.6 Å². The molecule has 2 atom stereocenters.